The maximum Gasteiger partial charge on any atom is 0.0640 e. The van der Waals surface area contributed by atoms with Gasteiger partial charge in [0.1, 0.15) is 0 Å². The van der Waals surface area contributed by atoms with Gasteiger partial charge < -0.3 is 5.32 Å². The van der Waals surface area contributed by atoms with Crippen LogP contribution in [0.5, 0.6) is 0 Å². The number of benzene rings is 1. The van der Waals surface area contributed by atoms with Gasteiger partial charge in [-0.2, -0.15) is 0 Å². The molecule has 5 rings (SSSR count). The summed E-state index contributed by atoms with van der Waals surface area (Å²) in [7, 11) is 0. The fourth-order valence-electron chi connectivity index (χ4n) is 5.14. The Kier molecular flexibility index (Phi) is 2.80. The lowest BCUT2D eigenvalue weighted by molar-refractivity contribution is 0.00753. The molecule has 0 unspecified atom stereocenters. The molecule has 1 nitrogen and oxygen atoms in total. The summed E-state index contributed by atoms with van der Waals surface area (Å²) in [5, 5.41) is 4.71. The minimum absolute atomic E-state index is 0.673. The lowest BCUT2D eigenvalue weighted by atomic mass is 9.54. The molecule has 0 spiro atoms. The molecule has 0 aromatic heterocycles. The summed E-state index contributed by atoms with van der Waals surface area (Å²) in [6.45, 7) is 2.16. The summed E-state index contributed by atoms with van der Waals surface area (Å²) in [4.78, 5) is 0. The van der Waals surface area contributed by atoms with E-state index in [4.69, 9.17) is 11.6 Å². The van der Waals surface area contributed by atoms with Crippen LogP contribution >= 0.6 is 11.6 Å². The Hall–Kier alpha value is -0.690. The van der Waals surface area contributed by atoms with Gasteiger partial charge in [-0.3, -0.25) is 0 Å². The highest BCUT2D eigenvalue weighted by atomic mass is 35.5. The number of anilines is 1. The molecule has 1 aromatic carbocycles. The number of nitrogens with one attached hydrogen (secondary N) is 1. The first kappa shape index (κ1) is 12.1. The molecule has 1 N–H and O–H groups in total. The smallest absolute Gasteiger partial charge is 0.0640 e. The molecule has 0 atom stereocenters. The highest BCUT2D eigenvalue weighted by Gasteiger charge is 2.48. The van der Waals surface area contributed by atoms with Crippen molar-refractivity contribution in [2.45, 2.75) is 45.1 Å². The standard InChI is InChI=1S/C17H22ClN/c1-10-3-2-4-15(18)16(10)19-17-13-6-11-5-12(8-13)9-14(17)7-11/h2-4,11-14,17,19H,5-9H2,1H3. The molecule has 0 amide bonds. The normalized spacial score (nSPS) is 39.6. The quantitative estimate of drug-likeness (QED) is 0.811. The first-order chi connectivity index (χ1) is 9.20. The van der Waals surface area contributed by atoms with Gasteiger partial charge in [-0.1, -0.05) is 23.7 Å². The van der Waals surface area contributed by atoms with Crippen molar-refractivity contribution in [3.8, 4) is 0 Å². The largest absolute Gasteiger partial charge is 0.380 e. The van der Waals surface area contributed by atoms with Crippen LogP contribution in [-0.4, -0.2) is 6.04 Å². The SMILES string of the molecule is Cc1cccc(Cl)c1NC1C2CC3CC(C2)CC1C3. The predicted octanol–water partition coefficient (Wildman–Crippen LogP) is 4.89. The molecule has 0 heterocycles. The molecule has 4 aliphatic carbocycles. The average molecular weight is 276 g/mol. The van der Waals surface area contributed by atoms with Gasteiger partial charge in [-0.25, -0.2) is 0 Å². The summed E-state index contributed by atoms with van der Waals surface area (Å²) in [5.74, 6) is 3.86. The fourth-order valence-corrected chi connectivity index (χ4v) is 5.42. The van der Waals surface area contributed by atoms with E-state index in [2.05, 4.69) is 18.3 Å². The van der Waals surface area contributed by atoms with E-state index in [0.717, 1.165) is 28.7 Å². The van der Waals surface area contributed by atoms with E-state index < -0.39 is 0 Å². The van der Waals surface area contributed by atoms with Crippen LogP contribution in [0.2, 0.25) is 5.02 Å². The summed E-state index contributed by atoms with van der Waals surface area (Å²) in [6, 6.07) is 6.88. The number of rotatable bonds is 2. The topological polar surface area (TPSA) is 12.0 Å². The van der Waals surface area contributed by atoms with Gasteiger partial charge in [-0.05, 0) is 74.3 Å². The van der Waals surface area contributed by atoms with E-state index >= 15 is 0 Å². The van der Waals surface area contributed by atoms with Gasteiger partial charge in [0.05, 0.1) is 10.7 Å². The molecule has 0 radical (unpaired) electrons. The molecular weight excluding hydrogens is 254 g/mol. The second-order valence-corrected chi connectivity index (χ2v) is 7.44. The zero-order valence-electron chi connectivity index (χ0n) is 11.5. The predicted molar refractivity (Wildman–Crippen MR) is 80.6 cm³/mol. The van der Waals surface area contributed by atoms with Gasteiger partial charge in [-0.15, -0.1) is 0 Å². The van der Waals surface area contributed by atoms with Gasteiger partial charge >= 0.3 is 0 Å². The maximum absolute atomic E-state index is 6.38. The lowest BCUT2D eigenvalue weighted by Crippen LogP contribution is -2.51. The van der Waals surface area contributed by atoms with Crippen LogP contribution in [0.3, 0.4) is 0 Å². The summed E-state index contributed by atoms with van der Waals surface area (Å²) < 4.78 is 0. The monoisotopic (exact) mass is 275 g/mol. The highest BCUT2D eigenvalue weighted by Crippen LogP contribution is 2.54. The highest BCUT2D eigenvalue weighted by molar-refractivity contribution is 6.33. The first-order valence-corrected chi connectivity index (χ1v) is 8.10. The first-order valence-electron chi connectivity index (χ1n) is 7.72. The second kappa shape index (κ2) is 4.41. The molecule has 19 heavy (non-hydrogen) atoms. The van der Waals surface area contributed by atoms with Crippen LogP contribution in [0.4, 0.5) is 5.69 Å². The van der Waals surface area contributed by atoms with Crippen LogP contribution in [0.25, 0.3) is 0 Å². The van der Waals surface area contributed by atoms with E-state index in [1.54, 1.807) is 0 Å². The molecule has 0 saturated heterocycles. The Labute approximate surface area is 120 Å². The minimum Gasteiger partial charge on any atom is -0.380 e. The van der Waals surface area contributed by atoms with E-state index in [0.29, 0.717) is 6.04 Å². The van der Waals surface area contributed by atoms with Crippen LogP contribution in [-0.2, 0) is 0 Å². The third-order valence-electron chi connectivity index (χ3n) is 5.76. The zero-order chi connectivity index (χ0) is 13.0. The molecule has 4 saturated carbocycles. The Balaban J connectivity index is 1.60. The number of hydrogen-bond acceptors (Lipinski definition) is 1. The van der Waals surface area contributed by atoms with Crippen molar-refractivity contribution >= 4 is 17.3 Å². The second-order valence-electron chi connectivity index (χ2n) is 7.03. The Morgan fingerprint density at radius 3 is 2.21 bits per heavy atom. The maximum atomic E-state index is 6.38. The van der Waals surface area contributed by atoms with E-state index in [9.17, 15) is 0 Å². The van der Waals surface area contributed by atoms with Crippen molar-refractivity contribution in [2.75, 3.05) is 5.32 Å². The van der Waals surface area contributed by atoms with E-state index in [-0.39, 0.29) is 0 Å². The molecule has 4 fully saturated rings. The number of aryl methyl sites for hydroxylation is 1. The number of halogens is 1. The Morgan fingerprint density at radius 2 is 1.63 bits per heavy atom. The third kappa shape index (κ3) is 1.98. The molecular formula is C17H22ClN. The van der Waals surface area contributed by atoms with Crippen molar-refractivity contribution in [3.63, 3.8) is 0 Å². The molecule has 4 bridgehead atoms. The van der Waals surface area contributed by atoms with Crippen LogP contribution in [0.15, 0.2) is 18.2 Å². The molecule has 102 valence electrons. The summed E-state index contributed by atoms with van der Waals surface area (Å²) in [5.41, 5.74) is 2.46. The molecule has 0 aliphatic heterocycles. The van der Waals surface area contributed by atoms with Crippen molar-refractivity contribution in [2.24, 2.45) is 23.7 Å². The fraction of sp³-hybridized carbons (Fsp3) is 0.647. The van der Waals surface area contributed by atoms with Crippen LogP contribution in [0, 0.1) is 30.6 Å². The molecule has 2 heteroatoms. The Bertz CT molecular complexity index is 448. The van der Waals surface area contributed by atoms with Gasteiger partial charge in [0.25, 0.3) is 0 Å². The molecule has 1 aromatic rings. The number of para-hydroxylation sites is 1. The minimum atomic E-state index is 0.673. The van der Waals surface area contributed by atoms with Crippen LogP contribution in [0.1, 0.15) is 37.7 Å². The lowest BCUT2D eigenvalue weighted by Gasteiger charge is -2.54. The van der Waals surface area contributed by atoms with Crippen molar-refractivity contribution in [1.82, 2.24) is 0 Å². The number of hydrogen-bond donors (Lipinski definition) is 1. The van der Waals surface area contributed by atoms with Crippen molar-refractivity contribution in [3.05, 3.63) is 28.8 Å². The summed E-state index contributed by atoms with van der Waals surface area (Å²) in [6.07, 6.45) is 7.33. The Morgan fingerprint density at radius 1 is 1.00 bits per heavy atom. The third-order valence-corrected chi connectivity index (χ3v) is 6.07. The van der Waals surface area contributed by atoms with Crippen LogP contribution < -0.4 is 5.32 Å². The van der Waals surface area contributed by atoms with Crippen molar-refractivity contribution < 1.29 is 0 Å². The zero-order valence-corrected chi connectivity index (χ0v) is 12.3. The van der Waals surface area contributed by atoms with Gasteiger partial charge in [0, 0.05) is 6.04 Å². The van der Waals surface area contributed by atoms with Gasteiger partial charge in [0.2, 0.25) is 0 Å². The van der Waals surface area contributed by atoms with Gasteiger partial charge in [0.15, 0.2) is 0 Å². The van der Waals surface area contributed by atoms with E-state index in [1.165, 1.54) is 43.4 Å². The molecule has 4 aliphatic rings. The average Bonchev–Trinajstić information content (AvgIpc) is 2.36. The van der Waals surface area contributed by atoms with Crippen molar-refractivity contribution in [1.29, 1.82) is 0 Å². The summed E-state index contributed by atoms with van der Waals surface area (Å²) >= 11 is 6.38. The van der Waals surface area contributed by atoms with E-state index in [1.807, 2.05) is 12.1 Å².